The van der Waals surface area contributed by atoms with Crippen molar-refractivity contribution < 1.29 is 14.7 Å². The molecule has 0 saturated heterocycles. The monoisotopic (exact) mass is 332 g/mol. The first-order valence-electron chi connectivity index (χ1n) is 7.42. The van der Waals surface area contributed by atoms with Crippen molar-refractivity contribution in [3.05, 3.63) is 51.5 Å². The predicted octanol–water partition coefficient (Wildman–Crippen LogP) is 2.88. The number of aryl methyl sites for hydroxylation is 1. The number of hydrogen-bond donors (Lipinski definition) is 2. The Kier molecular flexibility index (Phi) is 5.50. The van der Waals surface area contributed by atoms with E-state index in [1.165, 1.54) is 11.3 Å². The number of carbonyl (C=O) groups excluding carboxylic acids is 1. The molecule has 6 heteroatoms. The first kappa shape index (κ1) is 17.1. The molecule has 0 radical (unpaired) electrons. The lowest BCUT2D eigenvalue weighted by Crippen LogP contribution is -2.44. The minimum absolute atomic E-state index is 0.187. The van der Waals surface area contributed by atoms with Crippen molar-refractivity contribution in [3.8, 4) is 0 Å². The lowest BCUT2D eigenvalue weighted by Gasteiger charge is -2.17. The zero-order valence-electron chi connectivity index (χ0n) is 13.4. The fourth-order valence-corrected chi connectivity index (χ4v) is 3.23. The molecular formula is C17H20N2O3S. The number of rotatable bonds is 6. The fourth-order valence-electron chi connectivity index (χ4n) is 2.23. The second-order valence-corrected chi connectivity index (χ2v) is 6.80. The SMILES string of the molecule is Cc1nc(Cc2ccccc2)sc1C(=O)N[C@H](C(=O)O)C(C)C. The average Bonchev–Trinajstić information content (AvgIpc) is 2.85. The van der Waals surface area contributed by atoms with Gasteiger partial charge in [-0.15, -0.1) is 11.3 Å². The van der Waals surface area contributed by atoms with Gasteiger partial charge in [0.05, 0.1) is 10.7 Å². The third kappa shape index (κ3) is 4.39. The summed E-state index contributed by atoms with van der Waals surface area (Å²) in [5.41, 5.74) is 1.75. The van der Waals surface area contributed by atoms with Crippen LogP contribution < -0.4 is 5.32 Å². The lowest BCUT2D eigenvalue weighted by molar-refractivity contribution is -0.140. The van der Waals surface area contributed by atoms with Crippen LogP contribution in [-0.2, 0) is 11.2 Å². The number of carboxylic acids is 1. The predicted molar refractivity (Wildman–Crippen MR) is 89.8 cm³/mol. The largest absolute Gasteiger partial charge is 0.480 e. The smallest absolute Gasteiger partial charge is 0.326 e. The molecule has 1 heterocycles. The first-order chi connectivity index (χ1) is 10.9. The summed E-state index contributed by atoms with van der Waals surface area (Å²) in [6.45, 7) is 5.30. The van der Waals surface area contributed by atoms with Gasteiger partial charge < -0.3 is 10.4 Å². The van der Waals surface area contributed by atoms with Gasteiger partial charge in [0.15, 0.2) is 0 Å². The summed E-state index contributed by atoms with van der Waals surface area (Å²) in [5, 5.41) is 12.6. The molecule has 0 aliphatic carbocycles. The number of aliphatic carboxylic acids is 1. The van der Waals surface area contributed by atoms with Gasteiger partial charge in [-0.1, -0.05) is 44.2 Å². The molecule has 2 N–H and O–H groups in total. The number of benzene rings is 1. The minimum atomic E-state index is -1.03. The number of nitrogens with zero attached hydrogens (tertiary/aromatic N) is 1. The summed E-state index contributed by atoms with van der Waals surface area (Å²) in [4.78, 5) is 28.5. The van der Waals surface area contributed by atoms with Crippen LogP contribution in [0.5, 0.6) is 0 Å². The molecule has 5 nitrogen and oxygen atoms in total. The van der Waals surface area contributed by atoms with E-state index in [0.29, 0.717) is 17.0 Å². The Morgan fingerprint density at radius 1 is 1.26 bits per heavy atom. The number of amides is 1. The molecule has 0 unspecified atom stereocenters. The Bertz CT molecular complexity index is 695. The number of nitrogens with one attached hydrogen (secondary N) is 1. The normalized spacial score (nSPS) is 12.2. The van der Waals surface area contributed by atoms with Crippen LogP contribution in [-0.4, -0.2) is 28.0 Å². The van der Waals surface area contributed by atoms with Gasteiger partial charge in [0.2, 0.25) is 0 Å². The summed E-state index contributed by atoms with van der Waals surface area (Å²) < 4.78 is 0. The maximum absolute atomic E-state index is 12.3. The third-order valence-electron chi connectivity index (χ3n) is 3.46. The van der Waals surface area contributed by atoms with Gasteiger partial charge >= 0.3 is 5.97 Å². The fraction of sp³-hybridized carbons (Fsp3) is 0.353. The van der Waals surface area contributed by atoms with Crippen molar-refractivity contribution in [3.63, 3.8) is 0 Å². The molecule has 23 heavy (non-hydrogen) atoms. The zero-order chi connectivity index (χ0) is 17.0. The van der Waals surface area contributed by atoms with Gasteiger partial charge in [-0.25, -0.2) is 9.78 Å². The highest BCUT2D eigenvalue weighted by molar-refractivity contribution is 7.13. The summed E-state index contributed by atoms with van der Waals surface area (Å²) >= 11 is 1.31. The van der Waals surface area contributed by atoms with Crippen molar-refractivity contribution in [2.45, 2.75) is 33.2 Å². The van der Waals surface area contributed by atoms with Gasteiger partial charge in [0.1, 0.15) is 10.9 Å². The van der Waals surface area contributed by atoms with Crippen LogP contribution >= 0.6 is 11.3 Å². The zero-order valence-corrected chi connectivity index (χ0v) is 14.2. The Labute approximate surface area is 139 Å². The van der Waals surface area contributed by atoms with Crippen molar-refractivity contribution in [2.24, 2.45) is 5.92 Å². The lowest BCUT2D eigenvalue weighted by atomic mass is 10.0. The molecule has 1 amide bonds. The van der Waals surface area contributed by atoms with E-state index >= 15 is 0 Å². The number of carbonyl (C=O) groups is 2. The van der Waals surface area contributed by atoms with Crippen molar-refractivity contribution in [1.29, 1.82) is 0 Å². The molecule has 122 valence electrons. The second-order valence-electron chi connectivity index (χ2n) is 5.72. The molecule has 0 saturated carbocycles. The number of hydrogen-bond acceptors (Lipinski definition) is 4. The first-order valence-corrected chi connectivity index (χ1v) is 8.24. The van der Waals surface area contributed by atoms with Gasteiger partial charge in [0.25, 0.3) is 5.91 Å². The van der Waals surface area contributed by atoms with E-state index in [1.807, 2.05) is 30.3 Å². The van der Waals surface area contributed by atoms with Gasteiger partial charge in [-0.3, -0.25) is 4.79 Å². The van der Waals surface area contributed by atoms with Crippen LogP contribution in [0.15, 0.2) is 30.3 Å². The van der Waals surface area contributed by atoms with Crippen molar-refractivity contribution in [2.75, 3.05) is 0 Å². The van der Waals surface area contributed by atoms with Gasteiger partial charge in [-0.2, -0.15) is 0 Å². The minimum Gasteiger partial charge on any atom is -0.480 e. The van der Waals surface area contributed by atoms with Crippen LogP contribution in [0.1, 0.15) is 39.8 Å². The van der Waals surface area contributed by atoms with E-state index in [0.717, 1.165) is 10.6 Å². The highest BCUT2D eigenvalue weighted by atomic mass is 32.1. The molecule has 1 atom stereocenters. The molecule has 1 aromatic heterocycles. The topological polar surface area (TPSA) is 79.3 Å². The maximum atomic E-state index is 12.3. The van der Waals surface area contributed by atoms with E-state index in [1.54, 1.807) is 20.8 Å². The summed E-state index contributed by atoms with van der Waals surface area (Å²) in [5.74, 6) is -1.59. The molecule has 1 aromatic carbocycles. The molecule has 0 spiro atoms. The summed E-state index contributed by atoms with van der Waals surface area (Å²) in [7, 11) is 0. The molecule has 0 aliphatic heterocycles. The number of aromatic nitrogens is 1. The Morgan fingerprint density at radius 2 is 1.91 bits per heavy atom. The Balaban J connectivity index is 2.14. The van der Waals surface area contributed by atoms with Gasteiger partial charge in [-0.05, 0) is 18.4 Å². The van der Waals surface area contributed by atoms with Crippen LogP contribution in [0.25, 0.3) is 0 Å². The van der Waals surface area contributed by atoms with E-state index in [2.05, 4.69) is 10.3 Å². The molecule has 0 aliphatic rings. The second kappa shape index (κ2) is 7.37. The molecule has 0 fully saturated rings. The number of thiazole rings is 1. The molecular weight excluding hydrogens is 312 g/mol. The van der Waals surface area contributed by atoms with Crippen molar-refractivity contribution in [1.82, 2.24) is 10.3 Å². The standard InChI is InChI=1S/C17H20N2O3S/c1-10(2)14(17(21)22)19-16(20)15-11(3)18-13(23-15)9-12-7-5-4-6-8-12/h4-8,10,14H,9H2,1-3H3,(H,19,20)(H,21,22)/t14-/m0/s1. The average molecular weight is 332 g/mol. The van der Waals surface area contributed by atoms with E-state index in [-0.39, 0.29) is 11.8 Å². The highest BCUT2D eigenvalue weighted by Crippen LogP contribution is 2.21. The Hall–Kier alpha value is -2.21. The molecule has 0 bridgehead atoms. The van der Waals surface area contributed by atoms with Crippen LogP contribution in [0, 0.1) is 12.8 Å². The highest BCUT2D eigenvalue weighted by Gasteiger charge is 2.26. The number of carboxylic acid groups (broad SMARTS) is 1. The Morgan fingerprint density at radius 3 is 2.48 bits per heavy atom. The van der Waals surface area contributed by atoms with Crippen molar-refractivity contribution >= 4 is 23.2 Å². The van der Waals surface area contributed by atoms with Crippen LogP contribution in [0.2, 0.25) is 0 Å². The summed E-state index contributed by atoms with van der Waals surface area (Å²) in [6.07, 6.45) is 0.659. The molecule has 2 rings (SSSR count). The third-order valence-corrected chi connectivity index (χ3v) is 4.62. The van der Waals surface area contributed by atoms with E-state index in [9.17, 15) is 14.7 Å². The van der Waals surface area contributed by atoms with Crippen LogP contribution in [0.3, 0.4) is 0 Å². The van der Waals surface area contributed by atoms with E-state index < -0.39 is 12.0 Å². The molecule has 2 aromatic rings. The summed E-state index contributed by atoms with van der Waals surface area (Å²) in [6, 6.07) is 8.99. The van der Waals surface area contributed by atoms with Crippen LogP contribution in [0.4, 0.5) is 0 Å². The van der Waals surface area contributed by atoms with E-state index in [4.69, 9.17) is 0 Å². The maximum Gasteiger partial charge on any atom is 0.326 e. The quantitative estimate of drug-likeness (QED) is 0.852. The van der Waals surface area contributed by atoms with Gasteiger partial charge in [0, 0.05) is 6.42 Å².